The van der Waals surface area contributed by atoms with Gasteiger partial charge in [-0.05, 0) is 68.2 Å². The number of piperazine rings is 1. The molecule has 2 rings (SSSR count). The molecule has 1 aliphatic rings. The number of carbonyl (C=O) groups excluding carboxylic acids is 1. The molecule has 0 spiro atoms. The van der Waals surface area contributed by atoms with Gasteiger partial charge in [-0.25, -0.2) is 4.79 Å². The van der Waals surface area contributed by atoms with Crippen LogP contribution in [0, 0.1) is 0 Å². The largest absolute Gasteiger partial charge is 0.573 e. The van der Waals surface area contributed by atoms with Gasteiger partial charge in [-0.1, -0.05) is 0 Å². The minimum atomic E-state index is -4.73. The van der Waals surface area contributed by atoms with Crippen molar-refractivity contribution in [1.29, 1.82) is 0 Å². The summed E-state index contributed by atoms with van der Waals surface area (Å²) in [5.74, 6) is 0.144. The lowest BCUT2D eigenvalue weighted by Crippen LogP contribution is -2.54. The molecule has 0 saturated carbocycles. The van der Waals surface area contributed by atoms with Crippen LogP contribution >= 0.6 is 15.9 Å². The van der Waals surface area contributed by atoms with Crippen molar-refractivity contribution in [2.24, 2.45) is 0 Å². The van der Waals surface area contributed by atoms with Gasteiger partial charge in [0.2, 0.25) is 0 Å². The van der Waals surface area contributed by atoms with Gasteiger partial charge < -0.3 is 19.1 Å². The molecule has 0 aliphatic carbocycles. The summed E-state index contributed by atoms with van der Waals surface area (Å²) in [5.41, 5.74) is -0.514. The molecule has 0 aromatic heterocycles. The van der Waals surface area contributed by atoms with Crippen molar-refractivity contribution < 1.29 is 32.2 Å². The Morgan fingerprint density at radius 1 is 1.23 bits per heavy atom. The maximum Gasteiger partial charge on any atom is 0.573 e. The first kappa shape index (κ1) is 24.6. The predicted molar refractivity (Wildman–Crippen MR) is 110 cm³/mol. The van der Waals surface area contributed by atoms with E-state index in [0.717, 1.165) is 19.5 Å². The van der Waals surface area contributed by atoms with Crippen LogP contribution < -0.4 is 9.47 Å². The molecule has 6 nitrogen and oxygen atoms in total. The number of rotatable bonds is 6. The van der Waals surface area contributed by atoms with Crippen molar-refractivity contribution in [2.75, 3.05) is 32.8 Å². The molecule has 0 unspecified atom stereocenters. The highest BCUT2D eigenvalue weighted by atomic mass is 79.9. The highest BCUT2D eigenvalue weighted by Crippen LogP contribution is 2.32. The fourth-order valence-corrected chi connectivity index (χ4v) is 3.54. The van der Waals surface area contributed by atoms with Crippen LogP contribution in [0.3, 0.4) is 0 Å². The summed E-state index contributed by atoms with van der Waals surface area (Å²) in [4.78, 5) is 16.2. The molecule has 1 aromatic rings. The molecule has 30 heavy (non-hydrogen) atoms. The number of benzene rings is 1. The lowest BCUT2D eigenvalue weighted by Gasteiger charge is -2.40. The zero-order valence-electron chi connectivity index (χ0n) is 17.6. The molecule has 1 aromatic carbocycles. The molecule has 1 fully saturated rings. The number of halogens is 4. The summed E-state index contributed by atoms with van der Waals surface area (Å²) in [6.45, 7) is 10.8. The van der Waals surface area contributed by atoms with Crippen molar-refractivity contribution in [1.82, 2.24) is 9.80 Å². The van der Waals surface area contributed by atoms with Crippen molar-refractivity contribution in [3.05, 3.63) is 22.7 Å². The number of alkyl halides is 3. The third-order valence-corrected chi connectivity index (χ3v) is 5.02. The molecule has 1 amide bonds. The van der Waals surface area contributed by atoms with E-state index in [1.165, 1.54) is 18.2 Å². The van der Waals surface area contributed by atoms with E-state index in [0.29, 0.717) is 29.9 Å². The number of amides is 1. The average Bonchev–Trinajstić information content (AvgIpc) is 2.58. The first-order chi connectivity index (χ1) is 13.8. The summed E-state index contributed by atoms with van der Waals surface area (Å²) in [7, 11) is 0. The van der Waals surface area contributed by atoms with Crippen LogP contribution in [0.25, 0.3) is 0 Å². The van der Waals surface area contributed by atoms with E-state index in [1.807, 2.05) is 20.8 Å². The number of hydrogen-bond acceptors (Lipinski definition) is 5. The first-order valence-corrected chi connectivity index (χ1v) is 10.5. The standard InChI is InChI=1S/C20H28BrF3N2O4/c1-14-13-26(18(27)30-19(2,3)4)10-9-25(14)8-5-11-28-17-7-6-15(12-16(17)21)29-20(22,23)24/h6-7,12,14H,5,8-11,13H2,1-4H3/t14-/m0/s1. The van der Waals surface area contributed by atoms with Crippen molar-refractivity contribution in [3.63, 3.8) is 0 Å². The molecule has 170 valence electrons. The highest BCUT2D eigenvalue weighted by Gasteiger charge is 2.31. The molecule has 1 heterocycles. The zero-order valence-corrected chi connectivity index (χ0v) is 19.2. The Hall–Kier alpha value is -1.68. The normalized spacial score (nSPS) is 18.3. The van der Waals surface area contributed by atoms with Crippen LogP contribution in [0.5, 0.6) is 11.5 Å². The smallest absolute Gasteiger partial charge is 0.492 e. The molecule has 10 heteroatoms. The second-order valence-electron chi connectivity index (χ2n) is 8.15. The molecule has 1 atom stereocenters. The quantitative estimate of drug-likeness (QED) is 0.515. The SMILES string of the molecule is C[C@H]1CN(C(=O)OC(C)(C)C)CCN1CCCOc1ccc(OC(F)(F)F)cc1Br. The fourth-order valence-electron chi connectivity index (χ4n) is 3.07. The lowest BCUT2D eigenvalue weighted by molar-refractivity contribution is -0.274. The Morgan fingerprint density at radius 2 is 1.93 bits per heavy atom. The highest BCUT2D eigenvalue weighted by molar-refractivity contribution is 9.10. The van der Waals surface area contributed by atoms with E-state index in [9.17, 15) is 18.0 Å². The first-order valence-electron chi connectivity index (χ1n) is 9.74. The Labute approximate surface area is 183 Å². The average molecular weight is 497 g/mol. The Balaban J connectivity index is 1.74. The number of ether oxygens (including phenoxy) is 3. The Morgan fingerprint density at radius 3 is 2.50 bits per heavy atom. The third-order valence-electron chi connectivity index (χ3n) is 4.40. The van der Waals surface area contributed by atoms with E-state index in [2.05, 4.69) is 32.5 Å². The van der Waals surface area contributed by atoms with E-state index in [1.54, 1.807) is 4.90 Å². The summed E-state index contributed by atoms with van der Waals surface area (Å²) in [6, 6.07) is 4.07. The number of nitrogens with zero attached hydrogens (tertiary/aromatic N) is 2. The van der Waals surface area contributed by atoms with Crippen LogP contribution in [0.2, 0.25) is 0 Å². The topological polar surface area (TPSA) is 51.2 Å². The fraction of sp³-hybridized carbons (Fsp3) is 0.650. The second kappa shape index (κ2) is 10.1. The molecule has 1 saturated heterocycles. The van der Waals surface area contributed by atoms with Gasteiger partial charge in [0.05, 0.1) is 11.1 Å². The Bertz CT molecular complexity index is 725. The Kier molecular flexibility index (Phi) is 8.27. The summed E-state index contributed by atoms with van der Waals surface area (Å²) in [5, 5.41) is 0. The maximum absolute atomic E-state index is 12.3. The molecular weight excluding hydrogens is 469 g/mol. The van der Waals surface area contributed by atoms with E-state index in [4.69, 9.17) is 9.47 Å². The predicted octanol–water partition coefficient (Wildman–Crippen LogP) is 5.06. The molecular formula is C20H28BrF3N2O4. The summed E-state index contributed by atoms with van der Waals surface area (Å²) < 4.78 is 52.2. The molecule has 0 radical (unpaired) electrons. The van der Waals surface area contributed by atoms with Crippen LogP contribution in [-0.2, 0) is 4.74 Å². The van der Waals surface area contributed by atoms with Crippen LogP contribution in [-0.4, -0.2) is 66.7 Å². The zero-order chi connectivity index (χ0) is 22.5. The van der Waals surface area contributed by atoms with Gasteiger partial charge >= 0.3 is 12.5 Å². The van der Waals surface area contributed by atoms with Crippen LogP contribution in [0.1, 0.15) is 34.1 Å². The van der Waals surface area contributed by atoms with Crippen LogP contribution in [0.4, 0.5) is 18.0 Å². The third kappa shape index (κ3) is 8.22. The molecule has 1 aliphatic heterocycles. The molecule has 0 N–H and O–H groups in total. The van der Waals surface area contributed by atoms with Crippen LogP contribution in [0.15, 0.2) is 22.7 Å². The minimum absolute atomic E-state index is 0.191. The van der Waals surface area contributed by atoms with E-state index < -0.39 is 12.0 Å². The number of carbonyl (C=O) groups is 1. The lowest BCUT2D eigenvalue weighted by atomic mass is 10.2. The van der Waals surface area contributed by atoms with E-state index >= 15 is 0 Å². The number of hydrogen-bond donors (Lipinski definition) is 0. The summed E-state index contributed by atoms with van der Waals surface area (Å²) in [6.07, 6.45) is -4.28. The van der Waals surface area contributed by atoms with Crippen molar-refractivity contribution >= 4 is 22.0 Å². The van der Waals surface area contributed by atoms with Gasteiger partial charge in [0.15, 0.2) is 0 Å². The van der Waals surface area contributed by atoms with Gasteiger partial charge in [0.25, 0.3) is 0 Å². The van der Waals surface area contributed by atoms with Gasteiger partial charge in [-0.15, -0.1) is 13.2 Å². The van der Waals surface area contributed by atoms with E-state index in [-0.39, 0.29) is 17.9 Å². The summed E-state index contributed by atoms with van der Waals surface area (Å²) >= 11 is 3.20. The second-order valence-corrected chi connectivity index (χ2v) is 9.01. The van der Waals surface area contributed by atoms with Crippen molar-refractivity contribution in [2.45, 2.75) is 52.1 Å². The van der Waals surface area contributed by atoms with Gasteiger partial charge in [-0.3, -0.25) is 4.90 Å². The maximum atomic E-state index is 12.3. The van der Waals surface area contributed by atoms with Gasteiger partial charge in [0, 0.05) is 32.2 Å². The van der Waals surface area contributed by atoms with Gasteiger partial charge in [0.1, 0.15) is 17.1 Å². The van der Waals surface area contributed by atoms with Crippen molar-refractivity contribution in [3.8, 4) is 11.5 Å². The monoisotopic (exact) mass is 496 g/mol. The van der Waals surface area contributed by atoms with Gasteiger partial charge in [-0.2, -0.15) is 0 Å². The molecule has 0 bridgehead atoms. The minimum Gasteiger partial charge on any atom is -0.492 e.